The van der Waals surface area contributed by atoms with Gasteiger partial charge in [0.25, 0.3) is 0 Å². The number of hydrogen-bond donors (Lipinski definition) is 1. The molecule has 1 heterocycles. The molecule has 6 nitrogen and oxygen atoms in total. The van der Waals surface area contributed by atoms with Crippen LogP contribution in [-0.4, -0.2) is 69.9 Å². The second kappa shape index (κ2) is 10.9. The summed E-state index contributed by atoms with van der Waals surface area (Å²) in [5.74, 6) is 2.42. The first-order valence-electron chi connectivity index (χ1n) is 10.4. The summed E-state index contributed by atoms with van der Waals surface area (Å²) >= 11 is 0. The van der Waals surface area contributed by atoms with Crippen LogP contribution in [0.3, 0.4) is 0 Å². The van der Waals surface area contributed by atoms with Crippen molar-refractivity contribution in [2.75, 3.05) is 65.4 Å². The van der Waals surface area contributed by atoms with E-state index in [1.165, 1.54) is 0 Å². The molecular weight excluding hydrogens is 366 g/mol. The molecule has 6 heteroatoms. The van der Waals surface area contributed by atoms with Crippen molar-refractivity contribution in [3.8, 4) is 17.2 Å². The molecule has 1 aliphatic heterocycles. The van der Waals surface area contributed by atoms with Gasteiger partial charge in [0.05, 0.1) is 19.4 Å². The van der Waals surface area contributed by atoms with Gasteiger partial charge in [-0.1, -0.05) is 24.3 Å². The van der Waals surface area contributed by atoms with Gasteiger partial charge < -0.3 is 24.4 Å². The van der Waals surface area contributed by atoms with Crippen LogP contribution in [-0.2, 0) is 6.54 Å². The van der Waals surface area contributed by atoms with E-state index in [4.69, 9.17) is 14.2 Å². The zero-order valence-corrected chi connectivity index (χ0v) is 17.8. The molecule has 29 heavy (non-hydrogen) atoms. The molecule has 2 aromatic rings. The first kappa shape index (κ1) is 21.3. The van der Waals surface area contributed by atoms with Crippen LogP contribution in [0.1, 0.15) is 12.5 Å². The van der Waals surface area contributed by atoms with Gasteiger partial charge in [-0.3, -0.25) is 4.90 Å². The van der Waals surface area contributed by atoms with Gasteiger partial charge in [-0.05, 0) is 32.2 Å². The molecule has 0 saturated carbocycles. The van der Waals surface area contributed by atoms with E-state index in [9.17, 15) is 0 Å². The maximum atomic E-state index is 6.10. The molecule has 2 aromatic carbocycles. The molecule has 0 aliphatic carbocycles. The van der Waals surface area contributed by atoms with E-state index in [1.54, 1.807) is 7.11 Å². The van der Waals surface area contributed by atoms with Crippen LogP contribution in [0.15, 0.2) is 42.5 Å². The number of benzene rings is 2. The monoisotopic (exact) mass is 399 g/mol. The summed E-state index contributed by atoms with van der Waals surface area (Å²) in [5, 5.41) is 3.49. The van der Waals surface area contributed by atoms with E-state index in [-0.39, 0.29) is 0 Å². The summed E-state index contributed by atoms with van der Waals surface area (Å²) in [4.78, 5) is 4.82. The Morgan fingerprint density at radius 3 is 2.45 bits per heavy atom. The third-order valence-electron chi connectivity index (χ3n) is 5.18. The summed E-state index contributed by atoms with van der Waals surface area (Å²) in [6.07, 6.45) is 0. The van der Waals surface area contributed by atoms with Crippen molar-refractivity contribution in [2.45, 2.75) is 13.5 Å². The SMILES string of the molecule is CCOc1cccc(CNc2ccccc2OCCN2CCN(C)CC2)c1OC. The molecule has 0 spiro atoms. The summed E-state index contributed by atoms with van der Waals surface area (Å²) in [6.45, 7) is 9.31. The zero-order chi connectivity index (χ0) is 20.5. The van der Waals surface area contributed by atoms with Gasteiger partial charge in [-0.2, -0.15) is 0 Å². The largest absolute Gasteiger partial charge is 0.493 e. The molecule has 0 radical (unpaired) electrons. The Morgan fingerprint density at radius 2 is 1.69 bits per heavy atom. The van der Waals surface area contributed by atoms with Crippen LogP contribution in [0.4, 0.5) is 5.69 Å². The molecule has 1 saturated heterocycles. The predicted octanol–water partition coefficient (Wildman–Crippen LogP) is 3.33. The lowest BCUT2D eigenvalue weighted by molar-refractivity contribution is 0.134. The van der Waals surface area contributed by atoms with Crippen LogP contribution in [0.2, 0.25) is 0 Å². The Hall–Kier alpha value is -2.44. The second-order valence-electron chi connectivity index (χ2n) is 7.22. The normalized spacial score (nSPS) is 15.1. The number of piperazine rings is 1. The number of likely N-dealkylation sites (N-methyl/N-ethyl adjacent to an activating group) is 1. The standard InChI is InChI=1S/C23H33N3O3/c1-4-28-22-11-7-8-19(23(22)27-3)18-24-20-9-5-6-10-21(20)29-17-16-26-14-12-25(2)13-15-26/h5-11,24H,4,12-18H2,1-3H3. The van der Waals surface area contributed by atoms with E-state index in [1.807, 2.05) is 49.4 Å². The highest BCUT2D eigenvalue weighted by molar-refractivity contribution is 5.57. The Morgan fingerprint density at radius 1 is 0.931 bits per heavy atom. The van der Waals surface area contributed by atoms with E-state index in [0.29, 0.717) is 19.8 Å². The van der Waals surface area contributed by atoms with Crippen LogP contribution in [0.5, 0.6) is 17.2 Å². The number of nitrogens with zero attached hydrogens (tertiary/aromatic N) is 2. The number of para-hydroxylation sites is 3. The van der Waals surface area contributed by atoms with Gasteiger partial charge >= 0.3 is 0 Å². The number of hydrogen-bond acceptors (Lipinski definition) is 6. The van der Waals surface area contributed by atoms with Crippen molar-refractivity contribution in [3.63, 3.8) is 0 Å². The minimum atomic E-state index is 0.608. The predicted molar refractivity (Wildman–Crippen MR) is 117 cm³/mol. The van der Waals surface area contributed by atoms with Crippen molar-refractivity contribution in [1.82, 2.24) is 9.80 Å². The number of methoxy groups -OCH3 is 1. The van der Waals surface area contributed by atoms with Crippen LogP contribution in [0.25, 0.3) is 0 Å². The van der Waals surface area contributed by atoms with Gasteiger partial charge in [0.2, 0.25) is 0 Å². The summed E-state index contributed by atoms with van der Waals surface area (Å²) < 4.78 is 17.4. The number of ether oxygens (including phenoxy) is 3. The van der Waals surface area contributed by atoms with Gasteiger partial charge in [0, 0.05) is 44.8 Å². The molecule has 0 bridgehead atoms. The molecule has 0 amide bonds. The fourth-order valence-electron chi connectivity index (χ4n) is 3.49. The zero-order valence-electron chi connectivity index (χ0n) is 17.8. The Bertz CT molecular complexity index is 761. The smallest absolute Gasteiger partial charge is 0.165 e. The van der Waals surface area contributed by atoms with Gasteiger partial charge in [-0.25, -0.2) is 0 Å². The summed E-state index contributed by atoms with van der Waals surface area (Å²) in [6, 6.07) is 14.1. The van der Waals surface area contributed by atoms with Gasteiger partial charge in [0.15, 0.2) is 11.5 Å². The highest BCUT2D eigenvalue weighted by Crippen LogP contribution is 2.32. The van der Waals surface area contributed by atoms with E-state index < -0.39 is 0 Å². The van der Waals surface area contributed by atoms with Crippen molar-refractivity contribution < 1.29 is 14.2 Å². The molecular formula is C23H33N3O3. The Labute approximate surface area is 174 Å². The molecule has 0 aromatic heterocycles. The lowest BCUT2D eigenvalue weighted by Gasteiger charge is -2.32. The summed E-state index contributed by atoms with van der Waals surface area (Å²) in [7, 11) is 3.85. The third-order valence-corrected chi connectivity index (χ3v) is 5.18. The summed E-state index contributed by atoms with van der Waals surface area (Å²) in [5.41, 5.74) is 2.03. The molecule has 158 valence electrons. The van der Waals surface area contributed by atoms with Crippen LogP contribution >= 0.6 is 0 Å². The maximum Gasteiger partial charge on any atom is 0.165 e. The Kier molecular flexibility index (Phi) is 8.02. The lowest BCUT2D eigenvalue weighted by atomic mass is 10.1. The van der Waals surface area contributed by atoms with Crippen LogP contribution < -0.4 is 19.5 Å². The molecule has 1 N–H and O–H groups in total. The number of anilines is 1. The molecule has 1 fully saturated rings. The Balaban J connectivity index is 1.57. The van der Waals surface area contributed by atoms with Gasteiger partial charge in [-0.15, -0.1) is 0 Å². The quantitative estimate of drug-likeness (QED) is 0.661. The topological polar surface area (TPSA) is 46.2 Å². The maximum absolute atomic E-state index is 6.10. The van der Waals surface area contributed by atoms with Gasteiger partial charge in [0.1, 0.15) is 12.4 Å². The van der Waals surface area contributed by atoms with E-state index in [0.717, 1.165) is 61.2 Å². The second-order valence-corrected chi connectivity index (χ2v) is 7.22. The lowest BCUT2D eigenvalue weighted by Crippen LogP contribution is -2.45. The fourth-order valence-corrected chi connectivity index (χ4v) is 3.49. The fraction of sp³-hybridized carbons (Fsp3) is 0.478. The average molecular weight is 400 g/mol. The minimum Gasteiger partial charge on any atom is -0.493 e. The van der Waals surface area contributed by atoms with Crippen molar-refractivity contribution in [1.29, 1.82) is 0 Å². The highest BCUT2D eigenvalue weighted by atomic mass is 16.5. The molecule has 0 unspecified atom stereocenters. The van der Waals surface area contributed by atoms with E-state index >= 15 is 0 Å². The first-order valence-corrected chi connectivity index (χ1v) is 10.4. The molecule has 0 atom stereocenters. The van der Waals surface area contributed by atoms with E-state index in [2.05, 4.69) is 22.2 Å². The first-order chi connectivity index (χ1) is 14.2. The highest BCUT2D eigenvalue weighted by Gasteiger charge is 2.14. The number of rotatable bonds is 10. The average Bonchev–Trinajstić information content (AvgIpc) is 2.75. The minimum absolute atomic E-state index is 0.608. The van der Waals surface area contributed by atoms with Crippen LogP contribution in [0, 0.1) is 0 Å². The number of nitrogens with one attached hydrogen (secondary N) is 1. The molecule has 3 rings (SSSR count). The van der Waals surface area contributed by atoms with Crippen molar-refractivity contribution in [2.24, 2.45) is 0 Å². The third kappa shape index (κ3) is 6.02. The van der Waals surface area contributed by atoms with Crippen molar-refractivity contribution >= 4 is 5.69 Å². The molecule has 1 aliphatic rings. The van der Waals surface area contributed by atoms with Crippen molar-refractivity contribution in [3.05, 3.63) is 48.0 Å².